The zero-order valence-corrected chi connectivity index (χ0v) is 12.6. The first-order chi connectivity index (χ1) is 9.83. The quantitative estimate of drug-likeness (QED) is 0.200. The third-order valence-corrected chi connectivity index (χ3v) is 3.15. The summed E-state index contributed by atoms with van der Waals surface area (Å²) in [7, 11) is 0. The molecule has 0 N–H and O–H groups in total. The van der Waals surface area contributed by atoms with Gasteiger partial charge in [-0.1, -0.05) is 56.5 Å². The SMILES string of the molecule is CCCCCCOCCCC=[N+]([O-])Cc1ccccc1. The van der Waals surface area contributed by atoms with Crippen LogP contribution in [0, 0.1) is 5.21 Å². The van der Waals surface area contributed by atoms with Gasteiger partial charge >= 0.3 is 0 Å². The molecular weight excluding hydrogens is 250 g/mol. The summed E-state index contributed by atoms with van der Waals surface area (Å²) >= 11 is 0. The van der Waals surface area contributed by atoms with Crippen molar-refractivity contribution in [2.75, 3.05) is 13.2 Å². The van der Waals surface area contributed by atoms with E-state index in [1.54, 1.807) is 6.21 Å². The van der Waals surface area contributed by atoms with E-state index in [0.29, 0.717) is 6.54 Å². The molecule has 0 heterocycles. The lowest BCUT2D eigenvalue weighted by molar-refractivity contribution is -0.471. The Morgan fingerprint density at radius 1 is 1.05 bits per heavy atom. The molecule has 3 nitrogen and oxygen atoms in total. The minimum atomic E-state index is 0.429. The minimum absolute atomic E-state index is 0.429. The summed E-state index contributed by atoms with van der Waals surface area (Å²) < 4.78 is 6.55. The summed E-state index contributed by atoms with van der Waals surface area (Å²) in [6, 6.07) is 9.81. The summed E-state index contributed by atoms with van der Waals surface area (Å²) in [6.45, 7) is 4.24. The molecule has 0 aliphatic carbocycles. The van der Waals surface area contributed by atoms with Gasteiger partial charge in [0, 0.05) is 25.2 Å². The maximum Gasteiger partial charge on any atom is 0.178 e. The van der Waals surface area contributed by atoms with E-state index in [1.807, 2.05) is 30.3 Å². The van der Waals surface area contributed by atoms with Gasteiger partial charge in [-0.3, -0.25) is 0 Å². The molecule has 0 aliphatic rings. The van der Waals surface area contributed by atoms with E-state index >= 15 is 0 Å². The molecule has 1 aromatic carbocycles. The van der Waals surface area contributed by atoms with Gasteiger partial charge in [-0.15, -0.1) is 0 Å². The van der Waals surface area contributed by atoms with Crippen molar-refractivity contribution >= 4 is 6.21 Å². The molecule has 0 saturated carbocycles. The van der Waals surface area contributed by atoms with Crippen LogP contribution in [0.5, 0.6) is 0 Å². The lowest BCUT2D eigenvalue weighted by Crippen LogP contribution is -2.06. The van der Waals surface area contributed by atoms with E-state index in [4.69, 9.17) is 4.74 Å². The maximum atomic E-state index is 11.6. The highest BCUT2D eigenvalue weighted by molar-refractivity contribution is 5.51. The summed E-state index contributed by atoms with van der Waals surface area (Å²) in [5, 5.41) is 11.6. The first kappa shape index (κ1) is 16.7. The number of nitrogens with zero attached hydrogens (tertiary/aromatic N) is 1. The van der Waals surface area contributed by atoms with Crippen LogP contribution in [0.2, 0.25) is 0 Å². The average molecular weight is 277 g/mol. The number of ether oxygens (including phenoxy) is 1. The molecule has 0 bridgehead atoms. The molecule has 0 unspecified atom stereocenters. The van der Waals surface area contributed by atoms with Gasteiger partial charge in [0.15, 0.2) is 12.8 Å². The van der Waals surface area contributed by atoms with E-state index < -0.39 is 0 Å². The van der Waals surface area contributed by atoms with E-state index in [-0.39, 0.29) is 0 Å². The number of hydroxylamine groups is 1. The van der Waals surface area contributed by atoms with Gasteiger partial charge in [-0.2, -0.15) is 0 Å². The molecule has 0 fully saturated rings. The molecule has 3 heteroatoms. The third-order valence-electron chi connectivity index (χ3n) is 3.15. The second-order valence-electron chi connectivity index (χ2n) is 5.06. The highest BCUT2D eigenvalue weighted by Gasteiger charge is 1.97. The molecule has 1 rings (SSSR count). The van der Waals surface area contributed by atoms with Crippen molar-refractivity contribution < 1.29 is 9.48 Å². The lowest BCUT2D eigenvalue weighted by atomic mass is 10.2. The predicted octanol–water partition coefficient (Wildman–Crippen LogP) is 4.14. The van der Waals surface area contributed by atoms with Crippen molar-refractivity contribution in [1.82, 2.24) is 0 Å². The Balaban J connectivity index is 2.00. The Morgan fingerprint density at radius 2 is 1.80 bits per heavy atom. The molecule has 0 aromatic heterocycles. The van der Waals surface area contributed by atoms with Crippen LogP contribution in [-0.2, 0) is 11.3 Å². The zero-order valence-electron chi connectivity index (χ0n) is 12.6. The highest BCUT2D eigenvalue weighted by atomic mass is 16.5. The largest absolute Gasteiger partial charge is 0.624 e. The summed E-state index contributed by atoms with van der Waals surface area (Å²) in [5.74, 6) is 0. The number of hydrogen-bond acceptors (Lipinski definition) is 2. The van der Waals surface area contributed by atoms with Crippen molar-refractivity contribution in [3.05, 3.63) is 41.1 Å². The Labute approximate surface area is 122 Å². The topological polar surface area (TPSA) is 35.3 Å². The van der Waals surface area contributed by atoms with Gasteiger partial charge < -0.3 is 9.94 Å². The smallest absolute Gasteiger partial charge is 0.178 e. The van der Waals surface area contributed by atoms with Crippen molar-refractivity contribution in [2.24, 2.45) is 0 Å². The van der Waals surface area contributed by atoms with Crippen molar-refractivity contribution in [2.45, 2.75) is 52.0 Å². The summed E-state index contributed by atoms with van der Waals surface area (Å²) in [5.41, 5.74) is 1.05. The maximum absolute atomic E-state index is 11.6. The zero-order chi connectivity index (χ0) is 14.5. The van der Waals surface area contributed by atoms with E-state index in [9.17, 15) is 5.21 Å². The molecule has 0 amide bonds. The van der Waals surface area contributed by atoms with Crippen LogP contribution in [0.4, 0.5) is 0 Å². The molecule has 20 heavy (non-hydrogen) atoms. The van der Waals surface area contributed by atoms with Crippen LogP contribution in [0.25, 0.3) is 0 Å². The van der Waals surface area contributed by atoms with Gasteiger partial charge in [0.2, 0.25) is 0 Å². The number of benzene rings is 1. The van der Waals surface area contributed by atoms with Gasteiger partial charge in [-0.05, 0) is 12.8 Å². The Bertz CT molecular complexity index is 363. The second kappa shape index (κ2) is 11.5. The molecular formula is C17H27NO2. The molecule has 0 spiro atoms. The molecule has 0 aliphatic heterocycles. The molecule has 1 aromatic rings. The van der Waals surface area contributed by atoms with Crippen molar-refractivity contribution in [1.29, 1.82) is 0 Å². The van der Waals surface area contributed by atoms with Gasteiger partial charge in [0.1, 0.15) is 0 Å². The minimum Gasteiger partial charge on any atom is -0.624 e. The monoisotopic (exact) mass is 277 g/mol. The molecule has 0 saturated heterocycles. The highest BCUT2D eigenvalue weighted by Crippen LogP contribution is 2.01. The number of hydrogen-bond donors (Lipinski definition) is 0. The van der Waals surface area contributed by atoms with E-state index in [2.05, 4.69) is 6.92 Å². The summed E-state index contributed by atoms with van der Waals surface area (Å²) in [6.07, 6.45) is 8.38. The van der Waals surface area contributed by atoms with Crippen molar-refractivity contribution in [3.8, 4) is 0 Å². The fourth-order valence-electron chi connectivity index (χ4n) is 1.98. The van der Waals surface area contributed by atoms with Crippen LogP contribution < -0.4 is 0 Å². The Hall–Kier alpha value is -1.35. The number of unbranched alkanes of at least 4 members (excludes halogenated alkanes) is 4. The predicted molar refractivity (Wildman–Crippen MR) is 84.0 cm³/mol. The Morgan fingerprint density at radius 3 is 2.55 bits per heavy atom. The lowest BCUT2D eigenvalue weighted by Gasteiger charge is -2.05. The van der Waals surface area contributed by atoms with Gasteiger partial charge in [0.25, 0.3) is 0 Å². The molecule has 0 radical (unpaired) electrons. The first-order valence-electron chi connectivity index (χ1n) is 7.71. The standard InChI is InChI=1S/C17H27NO2/c1-2-3-4-9-14-20-15-10-8-13-18(19)16-17-11-6-5-7-12-17/h5-7,11-13H,2-4,8-10,14-16H2,1H3. The van der Waals surface area contributed by atoms with Gasteiger partial charge in [-0.25, -0.2) is 4.74 Å². The average Bonchev–Trinajstić information content (AvgIpc) is 2.46. The van der Waals surface area contributed by atoms with Crippen molar-refractivity contribution in [3.63, 3.8) is 0 Å². The van der Waals surface area contributed by atoms with Crippen LogP contribution >= 0.6 is 0 Å². The van der Waals surface area contributed by atoms with Crippen LogP contribution in [0.1, 0.15) is 51.0 Å². The fourth-order valence-corrected chi connectivity index (χ4v) is 1.98. The van der Waals surface area contributed by atoms with E-state index in [1.165, 1.54) is 19.3 Å². The van der Waals surface area contributed by atoms with Gasteiger partial charge in [0.05, 0.1) is 0 Å². The van der Waals surface area contributed by atoms with E-state index in [0.717, 1.165) is 42.8 Å². The molecule has 0 atom stereocenters. The first-order valence-corrected chi connectivity index (χ1v) is 7.71. The second-order valence-corrected chi connectivity index (χ2v) is 5.06. The third kappa shape index (κ3) is 8.70. The normalized spacial score (nSPS) is 11.8. The van der Waals surface area contributed by atoms with Crippen LogP contribution in [-0.4, -0.2) is 24.2 Å². The number of rotatable bonds is 11. The van der Waals surface area contributed by atoms with Crippen LogP contribution in [0.15, 0.2) is 30.3 Å². The Kier molecular flexibility index (Phi) is 9.58. The molecule has 112 valence electrons. The summed E-state index contributed by atoms with van der Waals surface area (Å²) in [4.78, 5) is 0. The van der Waals surface area contributed by atoms with Crippen LogP contribution in [0.3, 0.4) is 0 Å². The fraction of sp³-hybridized carbons (Fsp3) is 0.588.